The molecule has 1 atom stereocenters. The van der Waals surface area contributed by atoms with Crippen LogP contribution in [0.4, 0.5) is 8.78 Å². The number of benzene rings is 2. The maximum absolute atomic E-state index is 13.5. The Morgan fingerprint density at radius 2 is 1.88 bits per heavy atom. The lowest BCUT2D eigenvalue weighted by Crippen LogP contribution is -2.28. The molecule has 25 heavy (non-hydrogen) atoms. The highest BCUT2D eigenvalue weighted by Gasteiger charge is 2.22. The molecule has 0 spiro atoms. The zero-order valence-corrected chi connectivity index (χ0v) is 14.2. The number of imidazole rings is 1. The van der Waals surface area contributed by atoms with Gasteiger partial charge in [0.1, 0.15) is 5.82 Å². The number of nitrogens with one attached hydrogen (secondary N) is 1. The first kappa shape index (κ1) is 17.4. The molecule has 1 amide bonds. The molecule has 0 bridgehead atoms. The van der Waals surface area contributed by atoms with Crippen molar-refractivity contribution in [2.24, 2.45) is 0 Å². The van der Waals surface area contributed by atoms with Crippen LogP contribution in [0.1, 0.15) is 35.6 Å². The maximum atomic E-state index is 13.5. The van der Waals surface area contributed by atoms with E-state index in [1.165, 1.54) is 0 Å². The van der Waals surface area contributed by atoms with Gasteiger partial charge in [0.25, 0.3) is 5.91 Å². The van der Waals surface area contributed by atoms with Gasteiger partial charge in [-0.2, -0.15) is 8.78 Å². The molecule has 130 valence electrons. The Morgan fingerprint density at radius 3 is 2.56 bits per heavy atom. The Bertz CT molecular complexity index is 893. The van der Waals surface area contributed by atoms with Gasteiger partial charge in [-0.05, 0) is 36.4 Å². The summed E-state index contributed by atoms with van der Waals surface area (Å²) in [5.74, 6) is -0.423. The van der Waals surface area contributed by atoms with E-state index in [2.05, 4.69) is 10.3 Å². The molecule has 0 radical (unpaired) electrons. The lowest BCUT2D eigenvalue weighted by Gasteiger charge is -2.15. The lowest BCUT2D eigenvalue weighted by atomic mass is 10.1. The van der Waals surface area contributed by atoms with Crippen molar-refractivity contribution in [2.45, 2.75) is 19.4 Å². The molecule has 0 aliphatic carbocycles. The maximum Gasteiger partial charge on any atom is 0.320 e. The number of nitrogens with zero attached hydrogens (tertiary/aromatic N) is 2. The van der Waals surface area contributed by atoms with Crippen LogP contribution in [0.25, 0.3) is 11.0 Å². The highest BCUT2D eigenvalue weighted by Crippen LogP contribution is 2.27. The monoisotopic (exact) mass is 363 g/mol. The van der Waals surface area contributed by atoms with E-state index in [-0.39, 0.29) is 24.2 Å². The zero-order valence-electron chi connectivity index (χ0n) is 13.4. The van der Waals surface area contributed by atoms with E-state index in [9.17, 15) is 13.6 Å². The molecule has 2 aromatic carbocycles. The number of hydrogen-bond acceptors (Lipinski definition) is 2. The van der Waals surface area contributed by atoms with Crippen molar-refractivity contribution in [2.75, 3.05) is 6.54 Å². The van der Waals surface area contributed by atoms with Crippen LogP contribution in [-0.2, 0) is 0 Å². The number of carbonyl (C=O) groups is 1. The van der Waals surface area contributed by atoms with Gasteiger partial charge in [-0.3, -0.25) is 9.36 Å². The van der Waals surface area contributed by atoms with Crippen molar-refractivity contribution in [1.29, 1.82) is 0 Å². The Balaban J connectivity index is 1.78. The average Bonchev–Trinajstić information content (AvgIpc) is 2.99. The minimum atomic E-state index is -2.70. The molecular formula is C18H16ClF2N3O. The van der Waals surface area contributed by atoms with Gasteiger partial charge in [0.05, 0.1) is 11.0 Å². The molecule has 1 aromatic heterocycles. The number of alkyl halides is 2. The molecule has 0 saturated carbocycles. The van der Waals surface area contributed by atoms with Crippen molar-refractivity contribution >= 4 is 28.5 Å². The summed E-state index contributed by atoms with van der Waals surface area (Å²) in [6, 6.07) is 13.2. The first-order valence-electron chi connectivity index (χ1n) is 7.76. The SMILES string of the molecule is CC(CNC(=O)c1ccc(Cl)cc1)c1nc2ccccc2n1C(F)F. The minimum Gasteiger partial charge on any atom is -0.351 e. The number of hydrogen-bond donors (Lipinski definition) is 1. The van der Waals surface area contributed by atoms with Crippen LogP contribution in [0, 0.1) is 0 Å². The largest absolute Gasteiger partial charge is 0.351 e. The standard InChI is InChI=1S/C18H16ClF2N3O/c1-11(10-22-17(25)12-6-8-13(19)9-7-12)16-23-14-4-2-3-5-15(14)24(16)18(20)21/h2-9,11,18H,10H2,1H3,(H,22,25). The molecule has 0 aliphatic heterocycles. The number of para-hydroxylation sites is 2. The average molecular weight is 364 g/mol. The number of rotatable bonds is 5. The van der Waals surface area contributed by atoms with Crippen molar-refractivity contribution in [3.63, 3.8) is 0 Å². The van der Waals surface area contributed by atoms with E-state index >= 15 is 0 Å². The molecule has 1 N–H and O–H groups in total. The third kappa shape index (κ3) is 3.64. The summed E-state index contributed by atoms with van der Waals surface area (Å²) in [5.41, 5.74) is 1.34. The molecule has 3 aromatic rings. The van der Waals surface area contributed by atoms with Crippen molar-refractivity contribution in [3.8, 4) is 0 Å². The second kappa shape index (κ2) is 7.19. The van der Waals surface area contributed by atoms with E-state index in [0.717, 1.165) is 4.57 Å². The van der Waals surface area contributed by atoms with Crippen LogP contribution >= 0.6 is 11.6 Å². The molecule has 0 saturated heterocycles. The van der Waals surface area contributed by atoms with Gasteiger partial charge in [0.15, 0.2) is 0 Å². The Kier molecular flexibility index (Phi) is 4.99. The quantitative estimate of drug-likeness (QED) is 0.719. The zero-order chi connectivity index (χ0) is 18.0. The summed E-state index contributed by atoms with van der Waals surface area (Å²) in [5, 5.41) is 3.28. The van der Waals surface area contributed by atoms with Crippen LogP contribution < -0.4 is 5.32 Å². The molecule has 0 fully saturated rings. The number of carbonyl (C=O) groups excluding carboxylic acids is 1. The fraction of sp³-hybridized carbons (Fsp3) is 0.222. The Morgan fingerprint density at radius 1 is 1.20 bits per heavy atom. The highest BCUT2D eigenvalue weighted by atomic mass is 35.5. The smallest absolute Gasteiger partial charge is 0.320 e. The molecule has 4 nitrogen and oxygen atoms in total. The highest BCUT2D eigenvalue weighted by molar-refractivity contribution is 6.30. The molecule has 1 unspecified atom stereocenters. The van der Waals surface area contributed by atoms with Crippen molar-refractivity contribution < 1.29 is 13.6 Å². The number of fused-ring (bicyclic) bond motifs is 1. The summed E-state index contributed by atoms with van der Waals surface area (Å²) >= 11 is 5.80. The lowest BCUT2D eigenvalue weighted by molar-refractivity contribution is 0.0704. The van der Waals surface area contributed by atoms with Gasteiger partial charge in [0, 0.05) is 23.0 Å². The predicted octanol–water partition coefficient (Wildman–Crippen LogP) is 4.62. The third-order valence-corrected chi connectivity index (χ3v) is 4.19. The van der Waals surface area contributed by atoms with Crippen LogP contribution in [0.2, 0.25) is 5.02 Å². The van der Waals surface area contributed by atoms with Gasteiger partial charge in [-0.1, -0.05) is 30.7 Å². The van der Waals surface area contributed by atoms with Gasteiger partial charge in [0.2, 0.25) is 0 Å². The van der Waals surface area contributed by atoms with Crippen LogP contribution in [0.5, 0.6) is 0 Å². The van der Waals surface area contributed by atoms with E-state index in [1.807, 2.05) is 0 Å². The van der Waals surface area contributed by atoms with Crippen LogP contribution in [0.3, 0.4) is 0 Å². The Hall–Kier alpha value is -2.47. The topological polar surface area (TPSA) is 46.9 Å². The van der Waals surface area contributed by atoms with Crippen LogP contribution in [0.15, 0.2) is 48.5 Å². The van der Waals surface area contributed by atoms with Gasteiger partial charge in [-0.15, -0.1) is 0 Å². The van der Waals surface area contributed by atoms with E-state index in [1.54, 1.807) is 55.5 Å². The molecule has 1 heterocycles. The fourth-order valence-corrected chi connectivity index (χ4v) is 2.78. The summed E-state index contributed by atoms with van der Waals surface area (Å²) in [6.45, 7) is -0.753. The second-order valence-electron chi connectivity index (χ2n) is 5.72. The van der Waals surface area contributed by atoms with Gasteiger partial charge >= 0.3 is 6.55 Å². The summed E-state index contributed by atoms with van der Waals surface area (Å²) < 4.78 is 27.9. The van der Waals surface area contributed by atoms with Crippen molar-refractivity contribution in [1.82, 2.24) is 14.9 Å². The summed E-state index contributed by atoms with van der Waals surface area (Å²) in [6.07, 6.45) is 0. The van der Waals surface area contributed by atoms with Crippen molar-refractivity contribution in [3.05, 3.63) is 64.9 Å². The van der Waals surface area contributed by atoms with Gasteiger partial charge in [-0.25, -0.2) is 4.98 Å². The minimum absolute atomic E-state index is 0.192. The molecular weight excluding hydrogens is 348 g/mol. The molecule has 0 aliphatic rings. The number of aromatic nitrogens is 2. The second-order valence-corrected chi connectivity index (χ2v) is 6.16. The number of halogens is 3. The normalized spacial score (nSPS) is 12.5. The first-order chi connectivity index (χ1) is 12.0. The van der Waals surface area contributed by atoms with E-state index in [0.29, 0.717) is 21.6 Å². The van der Waals surface area contributed by atoms with E-state index < -0.39 is 6.55 Å². The summed E-state index contributed by atoms with van der Waals surface area (Å²) in [7, 11) is 0. The Labute approximate surface area is 148 Å². The van der Waals surface area contributed by atoms with Crippen LogP contribution in [-0.4, -0.2) is 22.0 Å². The molecule has 3 rings (SSSR count). The molecule has 7 heteroatoms. The number of amides is 1. The summed E-state index contributed by atoms with van der Waals surface area (Å²) in [4.78, 5) is 16.5. The predicted molar refractivity (Wildman–Crippen MR) is 93.2 cm³/mol. The van der Waals surface area contributed by atoms with E-state index in [4.69, 9.17) is 11.6 Å². The first-order valence-corrected chi connectivity index (χ1v) is 8.14. The third-order valence-electron chi connectivity index (χ3n) is 3.93. The fourth-order valence-electron chi connectivity index (χ4n) is 2.66. The van der Waals surface area contributed by atoms with Gasteiger partial charge < -0.3 is 5.32 Å².